The third-order valence-electron chi connectivity index (χ3n) is 3.58. The Kier molecular flexibility index (Phi) is 3.27. The van der Waals surface area contributed by atoms with Gasteiger partial charge in [-0.25, -0.2) is 0 Å². The number of hydrogen-bond donors (Lipinski definition) is 1. The van der Waals surface area contributed by atoms with Crippen LogP contribution >= 0.6 is 15.9 Å². The van der Waals surface area contributed by atoms with E-state index < -0.39 is 0 Å². The molecule has 0 saturated carbocycles. The summed E-state index contributed by atoms with van der Waals surface area (Å²) >= 11 is 3.38. The molecule has 1 aliphatic heterocycles. The molecule has 1 amide bonds. The van der Waals surface area contributed by atoms with Crippen molar-refractivity contribution in [1.29, 1.82) is 0 Å². The van der Waals surface area contributed by atoms with E-state index in [-0.39, 0.29) is 17.5 Å². The van der Waals surface area contributed by atoms with Gasteiger partial charge in [-0.15, -0.1) is 0 Å². The monoisotopic (exact) mass is 296 g/mol. The summed E-state index contributed by atoms with van der Waals surface area (Å²) in [5.41, 5.74) is 6.49. The number of nitrogens with zero attached hydrogens (tertiary/aromatic N) is 1. The fourth-order valence-electron chi connectivity index (χ4n) is 2.25. The molecule has 1 fully saturated rings. The Morgan fingerprint density at radius 1 is 1.53 bits per heavy atom. The largest absolute Gasteiger partial charge is 0.332 e. The van der Waals surface area contributed by atoms with E-state index in [1.165, 1.54) is 0 Å². The average molecular weight is 297 g/mol. The molecule has 1 aromatic rings. The lowest BCUT2D eigenvalue weighted by atomic mass is 9.96. The SMILES string of the molecule is CC1(C)C(N)CCN1C(=O)c1cccc(Br)c1. The van der Waals surface area contributed by atoms with Gasteiger partial charge in [0.1, 0.15) is 0 Å². The van der Waals surface area contributed by atoms with E-state index in [1.807, 2.05) is 43.0 Å². The van der Waals surface area contributed by atoms with E-state index in [4.69, 9.17) is 5.73 Å². The number of carbonyl (C=O) groups is 1. The number of halogens is 1. The van der Waals surface area contributed by atoms with Gasteiger partial charge in [-0.05, 0) is 38.5 Å². The van der Waals surface area contributed by atoms with Crippen molar-refractivity contribution in [3.05, 3.63) is 34.3 Å². The summed E-state index contributed by atoms with van der Waals surface area (Å²) in [4.78, 5) is 14.3. The van der Waals surface area contributed by atoms with Crippen LogP contribution in [0.2, 0.25) is 0 Å². The molecule has 0 aromatic heterocycles. The number of carbonyl (C=O) groups excluding carboxylic acids is 1. The Hall–Kier alpha value is -0.870. The van der Waals surface area contributed by atoms with E-state index in [1.54, 1.807) is 0 Å². The Morgan fingerprint density at radius 3 is 2.76 bits per heavy atom. The molecule has 0 radical (unpaired) electrons. The van der Waals surface area contributed by atoms with Crippen LogP contribution in [0.15, 0.2) is 28.7 Å². The van der Waals surface area contributed by atoms with Crippen LogP contribution in [0.1, 0.15) is 30.6 Å². The van der Waals surface area contributed by atoms with E-state index in [0.717, 1.165) is 17.4 Å². The van der Waals surface area contributed by atoms with Gasteiger partial charge in [0, 0.05) is 22.6 Å². The number of nitrogens with two attached hydrogens (primary N) is 1. The van der Waals surface area contributed by atoms with E-state index in [2.05, 4.69) is 15.9 Å². The number of rotatable bonds is 1. The molecule has 2 rings (SSSR count). The van der Waals surface area contributed by atoms with E-state index in [9.17, 15) is 4.79 Å². The van der Waals surface area contributed by atoms with Crippen molar-refractivity contribution in [2.45, 2.75) is 31.8 Å². The molecule has 1 heterocycles. The maximum absolute atomic E-state index is 12.4. The van der Waals surface area contributed by atoms with E-state index in [0.29, 0.717) is 5.56 Å². The Balaban J connectivity index is 2.27. The zero-order valence-corrected chi connectivity index (χ0v) is 11.7. The Morgan fingerprint density at radius 2 is 2.24 bits per heavy atom. The van der Waals surface area contributed by atoms with E-state index >= 15 is 0 Å². The van der Waals surface area contributed by atoms with Crippen LogP contribution in [0, 0.1) is 0 Å². The summed E-state index contributed by atoms with van der Waals surface area (Å²) in [5.74, 6) is 0.0595. The first-order valence-corrected chi connectivity index (χ1v) is 6.55. The molecular formula is C13H17BrN2O. The smallest absolute Gasteiger partial charge is 0.254 e. The molecule has 0 aliphatic carbocycles. The van der Waals surface area contributed by atoms with Gasteiger partial charge >= 0.3 is 0 Å². The maximum Gasteiger partial charge on any atom is 0.254 e. The van der Waals surface area contributed by atoms with Gasteiger partial charge in [-0.3, -0.25) is 4.79 Å². The fraction of sp³-hybridized carbons (Fsp3) is 0.462. The van der Waals surface area contributed by atoms with Crippen LogP contribution in [0.3, 0.4) is 0 Å². The fourth-order valence-corrected chi connectivity index (χ4v) is 2.65. The highest BCUT2D eigenvalue weighted by Gasteiger charge is 2.41. The lowest BCUT2D eigenvalue weighted by Crippen LogP contribution is -2.51. The summed E-state index contributed by atoms with van der Waals surface area (Å²) in [7, 11) is 0. The van der Waals surface area contributed by atoms with Crippen molar-refractivity contribution in [3.63, 3.8) is 0 Å². The van der Waals surface area contributed by atoms with Gasteiger partial charge in [0.15, 0.2) is 0 Å². The van der Waals surface area contributed by atoms with Crippen molar-refractivity contribution < 1.29 is 4.79 Å². The molecule has 0 bridgehead atoms. The standard InChI is InChI=1S/C13H17BrN2O/c1-13(2)11(15)6-7-16(13)12(17)9-4-3-5-10(14)8-9/h3-5,8,11H,6-7,15H2,1-2H3. The van der Waals surface area contributed by atoms with Crippen molar-refractivity contribution >= 4 is 21.8 Å². The Labute approximate surface area is 110 Å². The summed E-state index contributed by atoms with van der Waals surface area (Å²) in [5, 5.41) is 0. The number of amides is 1. The Bertz CT molecular complexity index is 445. The zero-order valence-electron chi connectivity index (χ0n) is 10.1. The van der Waals surface area contributed by atoms with Crippen LogP contribution in [-0.4, -0.2) is 28.9 Å². The van der Waals surface area contributed by atoms with Crippen molar-refractivity contribution in [1.82, 2.24) is 4.90 Å². The summed E-state index contributed by atoms with van der Waals surface area (Å²) in [6.07, 6.45) is 0.868. The van der Waals surface area contributed by atoms with Gasteiger partial charge in [0.05, 0.1) is 5.54 Å². The van der Waals surface area contributed by atoms with Crippen LogP contribution in [0.25, 0.3) is 0 Å². The number of hydrogen-bond acceptors (Lipinski definition) is 2. The molecule has 1 atom stereocenters. The topological polar surface area (TPSA) is 46.3 Å². The normalized spacial score (nSPS) is 22.8. The van der Waals surface area contributed by atoms with Crippen molar-refractivity contribution in [2.24, 2.45) is 5.73 Å². The van der Waals surface area contributed by atoms with Gasteiger partial charge in [0.25, 0.3) is 5.91 Å². The highest BCUT2D eigenvalue weighted by Crippen LogP contribution is 2.29. The minimum Gasteiger partial charge on any atom is -0.332 e. The molecule has 92 valence electrons. The number of benzene rings is 1. The molecule has 4 heteroatoms. The molecule has 3 nitrogen and oxygen atoms in total. The first-order valence-electron chi connectivity index (χ1n) is 5.76. The van der Waals surface area contributed by atoms with Crippen LogP contribution in [-0.2, 0) is 0 Å². The second-order valence-electron chi connectivity index (χ2n) is 5.02. The van der Waals surface area contributed by atoms with Crippen LogP contribution in [0.4, 0.5) is 0 Å². The zero-order chi connectivity index (χ0) is 12.6. The number of likely N-dealkylation sites (tertiary alicyclic amines) is 1. The third-order valence-corrected chi connectivity index (χ3v) is 4.08. The summed E-state index contributed by atoms with van der Waals surface area (Å²) < 4.78 is 0.921. The molecule has 1 saturated heterocycles. The van der Waals surface area contributed by atoms with Gasteiger partial charge in [-0.2, -0.15) is 0 Å². The lowest BCUT2D eigenvalue weighted by molar-refractivity contribution is 0.0637. The second kappa shape index (κ2) is 4.42. The first kappa shape index (κ1) is 12.6. The minimum absolute atomic E-state index is 0.0543. The second-order valence-corrected chi connectivity index (χ2v) is 5.93. The molecule has 0 spiro atoms. The predicted molar refractivity (Wildman–Crippen MR) is 71.8 cm³/mol. The molecule has 1 aliphatic rings. The third kappa shape index (κ3) is 2.24. The highest BCUT2D eigenvalue weighted by atomic mass is 79.9. The van der Waals surface area contributed by atoms with Crippen LogP contribution < -0.4 is 5.73 Å². The van der Waals surface area contributed by atoms with Gasteiger partial charge in [0.2, 0.25) is 0 Å². The summed E-state index contributed by atoms with van der Waals surface area (Å²) in [6.45, 7) is 4.79. The van der Waals surface area contributed by atoms with Crippen LogP contribution in [0.5, 0.6) is 0 Å². The molecular weight excluding hydrogens is 280 g/mol. The maximum atomic E-state index is 12.4. The molecule has 1 aromatic carbocycles. The average Bonchev–Trinajstić information content (AvgIpc) is 2.53. The molecule has 1 unspecified atom stereocenters. The first-order chi connectivity index (χ1) is 7.93. The van der Waals surface area contributed by atoms with Gasteiger partial charge in [-0.1, -0.05) is 22.0 Å². The highest BCUT2D eigenvalue weighted by molar-refractivity contribution is 9.10. The predicted octanol–water partition coefficient (Wildman–Crippen LogP) is 2.40. The molecule has 2 N–H and O–H groups in total. The summed E-state index contributed by atoms with van der Waals surface area (Å²) in [6, 6.07) is 7.53. The van der Waals surface area contributed by atoms with Crippen molar-refractivity contribution in [3.8, 4) is 0 Å². The molecule has 17 heavy (non-hydrogen) atoms. The quantitative estimate of drug-likeness (QED) is 0.865. The van der Waals surface area contributed by atoms with Crippen molar-refractivity contribution in [2.75, 3.05) is 6.54 Å². The van der Waals surface area contributed by atoms with Gasteiger partial charge < -0.3 is 10.6 Å². The minimum atomic E-state index is -0.264. The lowest BCUT2D eigenvalue weighted by Gasteiger charge is -2.34.